The zero-order valence-corrected chi connectivity index (χ0v) is 11.7. The van der Waals surface area contributed by atoms with Crippen molar-refractivity contribution in [1.82, 2.24) is 0 Å². The summed E-state index contributed by atoms with van der Waals surface area (Å²) in [5.74, 6) is 0. The molecule has 3 rings (SSSR count). The van der Waals surface area contributed by atoms with Gasteiger partial charge in [0.2, 0.25) is 0 Å². The molecule has 0 amide bonds. The first-order valence-electron chi connectivity index (χ1n) is 6.44. The first-order valence-corrected chi connectivity index (χ1v) is 7.32. The average Bonchev–Trinajstić information content (AvgIpc) is 2.86. The van der Waals surface area contributed by atoms with Crippen LogP contribution in [0.3, 0.4) is 0 Å². The molecule has 3 aromatic rings. The summed E-state index contributed by atoms with van der Waals surface area (Å²) in [5.41, 5.74) is 2.23. The van der Waals surface area contributed by atoms with Gasteiger partial charge in [0.1, 0.15) is 0 Å². The van der Waals surface area contributed by atoms with Gasteiger partial charge in [-0.2, -0.15) is 0 Å². The summed E-state index contributed by atoms with van der Waals surface area (Å²) in [7, 11) is 0. The molecule has 96 valence electrons. The van der Waals surface area contributed by atoms with Crippen LogP contribution in [0, 0.1) is 6.92 Å². The van der Waals surface area contributed by atoms with Crippen LogP contribution in [-0.2, 0) is 6.42 Å². The standard InChI is InChI=1S/C17H16OS/c1-12-9-15(11-19-12)17(18)10-14-7-4-6-13-5-2-3-8-16(13)14/h2-9,11,17-18H,10H2,1H3. The van der Waals surface area contributed by atoms with Crippen molar-refractivity contribution in [2.45, 2.75) is 19.4 Å². The average molecular weight is 268 g/mol. The van der Waals surface area contributed by atoms with E-state index in [1.54, 1.807) is 11.3 Å². The molecule has 0 saturated heterocycles. The van der Waals surface area contributed by atoms with E-state index in [1.165, 1.54) is 21.2 Å². The van der Waals surface area contributed by atoms with Crippen LogP contribution in [0.25, 0.3) is 10.8 Å². The Balaban J connectivity index is 1.93. The maximum absolute atomic E-state index is 10.4. The fraction of sp³-hybridized carbons (Fsp3) is 0.176. The topological polar surface area (TPSA) is 20.2 Å². The lowest BCUT2D eigenvalue weighted by Gasteiger charge is -2.11. The second-order valence-electron chi connectivity index (χ2n) is 4.85. The van der Waals surface area contributed by atoms with Gasteiger partial charge in [0.25, 0.3) is 0 Å². The Labute approximate surface area is 117 Å². The number of hydrogen-bond acceptors (Lipinski definition) is 2. The molecular formula is C17H16OS. The van der Waals surface area contributed by atoms with Gasteiger partial charge in [0.05, 0.1) is 6.10 Å². The number of thiophene rings is 1. The number of aliphatic hydroxyl groups is 1. The molecule has 2 heteroatoms. The number of benzene rings is 2. The zero-order valence-electron chi connectivity index (χ0n) is 10.8. The van der Waals surface area contributed by atoms with E-state index in [4.69, 9.17) is 0 Å². The van der Waals surface area contributed by atoms with Crippen LogP contribution in [0.15, 0.2) is 53.9 Å². The predicted molar refractivity (Wildman–Crippen MR) is 81.7 cm³/mol. The maximum Gasteiger partial charge on any atom is 0.0838 e. The monoisotopic (exact) mass is 268 g/mol. The highest BCUT2D eigenvalue weighted by molar-refractivity contribution is 7.10. The highest BCUT2D eigenvalue weighted by Crippen LogP contribution is 2.26. The fourth-order valence-corrected chi connectivity index (χ4v) is 3.19. The Kier molecular flexibility index (Phi) is 3.36. The van der Waals surface area contributed by atoms with E-state index in [1.807, 2.05) is 17.5 Å². The minimum atomic E-state index is -0.421. The van der Waals surface area contributed by atoms with Gasteiger partial charge >= 0.3 is 0 Å². The third-order valence-electron chi connectivity index (χ3n) is 3.43. The molecule has 1 aromatic heterocycles. The SMILES string of the molecule is Cc1cc(C(O)Cc2cccc3ccccc23)cs1. The van der Waals surface area contributed by atoms with Gasteiger partial charge in [-0.3, -0.25) is 0 Å². The highest BCUT2D eigenvalue weighted by atomic mass is 32.1. The molecule has 0 bridgehead atoms. The Morgan fingerprint density at radius 3 is 2.68 bits per heavy atom. The Hall–Kier alpha value is -1.64. The van der Waals surface area contributed by atoms with Crippen molar-refractivity contribution in [3.8, 4) is 0 Å². The molecule has 0 aliphatic heterocycles. The molecule has 1 heterocycles. The van der Waals surface area contributed by atoms with Crippen molar-refractivity contribution in [3.63, 3.8) is 0 Å². The van der Waals surface area contributed by atoms with Crippen LogP contribution >= 0.6 is 11.3 Å². The van der Waals surface area contributed by atoms with Crippen molar-refractivity contribution < 1.29 is 5.11 Å². The fourth-order valence-electron chi connectivity index (χ4n) is 2.44. The first kappa shape index (κ1) is 12.4. The quantitative estimate of drug-likeness (QED) is 0.742. The molecule has 0 radical (unpaired) electrons. The van der Waals surface area contributed by atoms with Crippen LogP contribution in [0.4, 0.5) is 0 Å². The highest BCUT2D eigenvalue weighted by Gasteiger charge is 2.11. The van der Waals surface area contributed by atoms with Crippen molar-refractivity contribution >= 4 is 22.1 Å². The molecule has 1 unspecified atom stereocenters. The summed E-state index contributed by atoms with van der Waals surface area (Å²) in [4.78, 5) is 1.24. The van der Waals surface area contributed by atoms with Crippen LogP contribution < -0.4 is 0 Å². The minimum Gasteiger partial charge on any atom is -0.388 e. The minimum absolute atomic E-state index is 0.421. The van der Waals surface area contributed by atoms with Crippen molar-refractivity contribution in [2.24, 2.45) is 0 Å². The molecular weight excluding hydrogens is 252 g/mol. The smallest absolute Gasteiger partial charge is 0.0838 e. The summed E-state index contributed by atoms with van der Waals surface area (Å²) in [6.45, 7) is 2.07. The summed E-state index contributed by atoms with van der Waals surface area (Å²) in [6.07, 6.45) is 0.244. The molecule has 0 spiro atoms. The summed E-state index contributed by atoms with van der Waals surface area (Å²) in [5, 5.41) is 14.9. The van der Waals surface area contributed by atoms with Crippen LogP contribution in [0.1, 0.15) is 22.1 Å². The van der Waals surface area contributed by atoms with E-state index in [0.717, 1.165) is 5.56 Å². The van der Waals surface area contributed by atoms with E-state index in [0.29, 0.717) is 6.42 Å². The van der Waals surface area contributed by atoms with Crippen LogP contribution in [-0.4, -0.2) is 5.11 Å². The van der Waals surface area contributed by atoms with Gasteiger partial charge in [-0.15, -0.1) is 11.3 Å². The van der Waals surface area contributed by atoms with Crippen LogP contribution in [0.2, 0.25) is 0 Å². The number of aryl methyl sites for hydroxylation is 1. The molecule has 0 saturated carbocycles. The number of rotatable bonds is 3. The molecule has 1 atom stereocenters. The Morgan fingerprint density at radius 2 is 1.89 bits per heavy atom. The van der Waals surface area contributed by atoms with E-state index < -0.39 is 6.10 Å². The van der Waals surface area contributed by atoms with Crippen molar-refractivity contribution in [1.29, 1.82) is 0 Å². The Bertz CT molecular complexity index is 694. The lowest BCUT2D eigenvalue weighted by atomic mass is 9.98. The van der Waals surface area contributed by atoms with E-state index >= 15 is 0 Å². The molecule has 1 N–H and O–H groups in total. The maximum atomic E-state index is 10.4. The largest absolute Gasteiger partial charge is 0.388 e. The summed E-state index contributed by atoms with van der Waals surface area (Å²) >= 11 is 1.69. The van der Waals surface area contributed by atoms with E-state index in [-0.39, 0.29) is 0 Å². The number of aliphatic hydroxyl groups excluding tert-OH is 1. The molecule has 19 heavy (non-hydrogen) atoms. The van der Waals surface area contributed by atoms with Gasteiger partial charge in [0.15, 0.2) is 0 Å². The second kappa shape index (κ2) is 5.16. The van der Waals surface area contributed by atoms with E-state index in [9.17, 15) is 5.11 Å². The number of hydrogen-bond donors (Lipinski definition) is 1. The third kappa shape index (κ3) is 2.55. The summed E-state index contributed by atoms with van der Waals surface area (Å²) < 4.78 is 0. The van der Waals surface area contributed by atoms with Gasteiger partial charge < -0.3 is 5.11 Å². The van der Waals surface area contributed by atoms with Crippen molar-refractivity contribution in [3.05, 3.63) is 69.9 Å². The van der Waals surface area contributed by atoms with Crippen molar-refractivity contribution in [2.75, 3.05) is 0 Å². The Morgan fingerprint density at radius 1 is 1.11 bits per heavy atom. The molecule has 0 aliphatic carbocycles. The second-order valence-corrected chi connectivity index (χ2v) is 5.96. The summed E-state index contributed by atoms with van der Waals surface area (Å²) in [6, 6.07) is 16.7. The van der Waals surface area contributed by atoms with Gasteiger partial charge in [-0.1, -0.05) is 42.5 Å². The zero-order chi connectivity index (χ0) is 13.2. The first-order chi connectivity index (χ1) is 9.24. The lowest BCUT2D eigenvalue weighted by molar-refractivity contribution is 0.179. The normalized spacial score (nSPS) is 12.7. The lowest BCUT2D eigenvalue weighted by Crippen LogP contribution is -2.00. The molecule has 0 fully saturated rings. The molecule has 0 aliphatic rings. The van der Waals surface area contributed by atoms with Gasteiger partial charge in [0, 0.05) is 11.3 Å². The number of fused-ring (bicyclic) bond motifs is 1. The van der Waals surface area contributed by atoms with E-state index in [2.05, 4.69) is 43.3 Å². The van der Waals surface area contributed by atoms with Gasteiger partial charge in [-0.05, 0) is 40.3 Å². The molecule has 1 nitrogen and oxygen atoms in total. The predicted octanol–water partition coefficient (Wildman–Crippen LogP) is 4.49. The third-order valence-corrected chi connectivity index (χ3v) is 4.31. The van der Waals surface area contributed by atoms with Crippen LogP contribution in [0.5, 0.6) is 0 Å². The molecule has 2 aromatic carbocycles. The van der Waals surface area contributed by atoms with Gasteiger partial charge in [-0.25, -0.2) is 0 Å².